The van der Waals surface area contributed by atoms with E-state index in [0.717, 1.165) is 19.3 Å². The molecule has 0 aromatic heterocycles. The van der Waals surface area contributed by atoms with E-state index in [4.69, 9.17) is 14.2 Å². The molecule has 0 radical (unpaired) electrons. The number of benzene rings is 1. The van der Waals surface area contributed by atoms with Crippen molar-refractivity contribution in [1.82, 2.24) is 0 Å². The zero-order valence-electron chi connectivity index (χ0n) is 14.2. The van der Waals surface area contributed by atoms with Crippen LogP contribution in [0.4, 0.5) is 0 Å². The predicted octanol–water partition coefficient (Wildman–Crippen LogP) is 4.12. The van der Waals surface area contributed by atoms with Crippen molar-refractivity contribution in [1.29, 1.82) is 0 Å². The molecule has 0 atom stereocenters. The van der Waals surface area contributed by atoms with E-state index in [1.165, 1.54) is 0 Å². The quantitative estimate of drug-likeness (QED) is 0.455. The molecule has 22 heavy (non-hydrogen) atoms. The molecular weight excluding hydrogens is 280 g/mol. The summed E-state index contributed by atoms with van der Waals surface area (Å²) < 4.78 is 16.0. The van der Waals surface area contributed by atoms with Crippen molar-refractivity contribution in [3.8, 4) is 11.5 Å². The number of rotatable bonds is 11. The van der Waals surface area contributed by atoms with Gasteiger partial charge in [0.2, 0.25) is 0 Å². The smallest absolute Gasteiger partial charge is 0.163 e. The first-order valence-electron chi connectivity index (χ1n) is 7.91. The Labute approximate surface area is 133 Å². The van der Waals surface area contributed by atoms with Crippen molar-refractivity contribution in [3.05, 3.63) is 23.8 Å². The summed E-state index contributed by atoms with van der Waals surface area (Å²) in [6, 6.07) is 5.38. The van der Waals surface area contributed by atoms with E-state index < -0.39 is 0 Å². The van der Waals surface area contributed by atoms with Gasteiger partial charge in [0.15, 0.2) is 17.3 Å². The van der Waals surface area contributed by atoms with Crippen molar-refractivity contribution in [3.63, 3.8) is 0 Å². The number of Topliss-reactive ketones (excluding diaryl/α,β-unsaturated/α-hetero) is 1. The van der Waals surface area contributed by atoms with Crippen LogP contribution in [0.1, 0.15) is 49.9 Å². The van der Waals surface area contributed by atoms with Gasteiger partial charge in [0.1, 0.15) is 0 Å². The van der Waals surface area contributed by atoms with Crippen LogP contribution in [0.2, 0.25) is 0 Å². The Hall–Kier alpha value is -1.55. The molecule has 0 unspecified atom stereocenters. The molecular formula is C18H28O4. The SMILES string of the molecule is COCCCOc1cc(C(=O)CCCC(C)C)ccc1OC. The normalized spacial score (nSPS) is 10.8. The Balaban J connectivity index is 2.65. The summed E-state index contributed by atoms with van der Waals surface area (Å²) in [5.41, 5.74) is 0.686. The van der Waals surface area contributed by atoms with E-state index in [1.807, 2.05) is 0 Å². The molecule has 0 saturated heterocycles. The first-order valence-corrected chi connectivity index (χ1v) is 7.91. The maximum absolute atomic E-state index is 12.2. The van der Waals surface area contributed by atoms with E-state index in [-0.39, 0.29) is 5.78 Å². The van der Waals surface area contributed by atoms with Gasteiger partial charge in [-0.2, -0.15) is 0 Å². The second kappa shape index (κ2) is 10.2. The Kier molecular flexibility index (Phi) is 8.60. The van der Waals surface area contributed by atoms with Gasteiger partial charge in [-0.3, -0.25) is 4.79 Å². The molecule has 0 N–H and O–H groups in total. The second-order valence-corrected chi connectivity index (χ2v) is 5.77. The molecule has 0 fully saturated rings. The Bertz CT molecular complexity index is 454. The second-order valence-electron chi connectivity index (χ2n) is 5.77. The minimum atomic E-state index is 0.157. The van der Waals surface area contributed by atoms with E-state index in [0.29, 0.717) is 42.6 Å². The van der Waals surface area contributed by atoms with Gasteiger partial charge >= 0.3 is 0 Å². The van der Waals surface area contributed by atoms with E-state index >= 15 is 0 Å². The maximum atomic E-state index is 12.2. The summed E-state index contributed by atoms with van der Waals surface area (Å²) in [6.07, 6.45) is 3.37. The number of ether oxygens (including phenoxy) is 3. The molecule has 0 aliphatic carbocycles. The fourth-order valence-electron chi connectivity index (χ4n) is 2.16. The molecule has 1 aromatic carbocycles. The van der Waals surface area contributed by atoms with Crippen molar-refractivity contribution < 1.29 is 19.0 Å². The summed E-state index contributed by atoms with van der Waals surface area (Å²) in [4.78, 5) is 12.2. The van der Waals surface area contributed by atoms with Crippen molar-refractivity contribution in [2.24, 2.45) is 5.92 Å². The van der Waals surface area contributed by atoms with Gasteiger partial charge in [-0.1, -0.05) is 20.3 Å². The third kappa shape index (κ3) is 6.48. The summed E-state index contributed by atoms with van der Waals surface area (Å²) in [7, 11) is 3.26. The Morgan fingerprint density at radius 1 is 1.09 bits per heavy atom. The van der Waals surface area contributed by atoms with Gasteiger partial charge in [0, 0.05) is 32.1 Å². The van der Waals surface area contributed by atoms with Crippen LogP contribution in [0.5, 0.6) is 11.5 Å². The molecule has 0 amide bonds. The lowest BCUT2D eigenvalue weighted by atomic mass is 10.0. The standard InChI is InChI=1S/C18H28O4/c1-14(2)7-5-8-16(19)15-9-10-17(21-4)18(13-15)22-12-6-11-20-3/h9-10,13-14H,5-8,11-12H2,1-4H3. The summed E-state index contributed by atoms with van der Waals surface area (Å²) in [6.45, 7) is 5.53. The lowest BCUT2D eigenvalue weighted by molar-refractivity contribution is 0.0977. The molecule has 1 rings (SSSR count). The number of methoxy groups -OCH3 is 2. The van der Waals surface area contributed by atoms with Crippen LogP contribution < -0.4 is 9.47 Å². The van der Waals surface area contributed by atoms with E-state index in [1.54, 1.807) is 32.4 Å². The fourth-order valence-corrected chi connectivity index (χ4v) is 2.16. The van der Waals surface area contributed by atoms with Gasteiger partial charge in [-0.25, -0.2) is 0 Å². The third-order valence-electron chi connectivity index (χ3n) is 3.42. The monoisotopic (exact) mass is 308 g/mol. The van der Waals surface area contributed by atoms with Crippen molar-refractivity contribution >= 4 is 5.78 Å². The van der Waals surface area contributed by atoms with Crippen LogP contribution >= 0.6 is 0 Å². The summed E-state index contributed by atoms with van der Waals surface area (Å²) in [5.74, 6) is 2.05. The molecule has 0 heterocycles. The molecule has 124 valence electrons. The Morgan fingerprint density at radius 3 is 2.50 bits per heavy atom. The number of hydrogen-bond acceptors (Lipinski definition) is 4. The maximum Gasteiger partial charge on any atom is 0.163 e. The van der Waals surface area contributed by atoms with Gasteiger partial charge in [-0.05, 0) is 30.5 Å². The Morgan fingerprint density at radius 2 is 1.86 bits per heavy atom. The zero-order chi connectivity index (χ0) is 16.4. The van der Waals surface area contributed by atoms with Crippen LogP contribution in [-0.4, -0.2) is 33.2 Å². The lowest BCUT2D eigenvalue weighted by Gasteiger charge is -2.12. The van der Waals surface area contributed by atoms with Crippen LogP contribution in [0, 0.1) is 5.92 Å². The van der Waals surface area contributed by atoms with Crippen molar-refractivity contribution in [2.75, 3.05) is 27.4 Å². The van der Waals surface area contributed by atoms with Crippen molar-refractivity contribution in [2.45, 2.75) is 39.5 Å². The van der Waals surface area contributed by atoms with Gasteiger partial charge in [-0.15, -0.1) is 0 Å². The molecule has 4 nitrogen and oxygen atoms in total. The summed E-state index contributed by atoms with van der Waals surface area (Å²) >= 11 is 0. The number of hydrogen-bond donors (Lipinski definition) is 0. The molecule has 0 aliphatic rings. The first kappa shape index (κ1) is 18.5. The predicted molar refractivity (Wildman–Crippen MR) is 88.0 cm³/mol. The van der Waals surface area contributed by atoms with Gasteiger partial charge in [0.05, 0.1) is 13.7 Å². The van der Waals surface area contributed by atoms with Crippen LogP contribution in [0.15, 0.2) is 18.2 Å². The lowest BCUT2D eigenvalue weighted by Crippen LogP contribution is -2.05. The number of carbonyl (C=O) groups excluding carboxylic acids is 1. The number of carbonyl (C=O) groups is 1. The molecule has 0 spiro atoms. The van der Waals surface area contributed by atoms with E-state index in [9.17, 15) is 4.79 Å². The van der Waals surface area contributed by atoms with Gasteiger partial charge < -0.3 is 14.2 Å². The summed E-state index contributed by atoms with van der Waals surface area (Å²) in [5, 5.41) is 0. The average molecular weight is 308 g/mol. The zero-order valence-corrected chi connectivity index (χ0v) is 14.2. The highest BCUT2D eigenvalue weighted by atomic mass is 16.5. The molecule has 1 aromatic rings. The van der Waals surface area contributed by atoms with E-state index in [2.05, 4.69) is 13.8 Å². The molecule has 0 saturated carbocycles. The fraction of sp³-hybridized carbons (Fsp3) is 0.611. The molecule has 0 aliphatic heterocycles. The van der Waals surface area contributed by atoms with Gasteiger partial charge in [0.25, 0.3) is 0 Å². The molecule has 0 bridgehead atoms. The van der Waals surface area contributed by atoms with Crippen LogP contribution in [0.3, 0.4) is 0 Å². The highest BCUT2D eigenvalue weighted by molar-refractivity contribution is 5.96. The van der Waals surface area contributed by atoms with Crippen LogP contribution in [-0.2, 0) is 4.74 Å². The highest BCUT2D eigenvalue weighted by Gasteiger charge is 2.11. The minimum absolute atomic E-state index is 0.157. The average Bonchev–Trinajstić information content (AvgIpc) is 2.51. The number of ketones is 1. The first-order chi connectivity index (χ1) is 10.6. The third-order valence-corrected chi connectivity index (χ3v) is 3.42. The largest absolute Gasteiger partial charge is 0.493 e. The molecule has 4 heteroatoms. The highest BCUT2D eigenvalue weighted by Crippen LogP contribution is 2.29. The minimum Gasteiger partial charge on any atom is -0.493 e. The van der Waals surface area contributed by atoms with Crippen LogP contribution in [0.25, 0.3) is 0 Å². The topological polar surface area (TPSA) is 44.8 Å².